The summed E-state index contributed by atoms with van der Waals surface area (Å²) in [6, 6.07) is 7.67. The molecule has 0 aliphatic carbocycles. The maximum atomic E-state index is 14.0. The van der Waals surface area contributed by atoms with Crippen molar-refractivity contribution in [1.82, 2.24) is 0 Å². The van der Waals surface area contributed by atoms with E-state index in [1.807, 2.05) is 0 Å². The molecule has 0 aliphatic rings. The third kappa shape index (κ3) is 3.11. The summed E-state index contributed by atoms with van der Waals surface area (Å²) in [6.45, 7) is 1.56. The van der Waals surface area contributed by atoms with Crippen molar-refractivity contribution < 1.29 is 9.18 Å². The summed E-state index contributed by atoms with van der Waals surface area (Å²) in [7, 11) is 0. The molecule has 0 unspecified atom stereocenters. The number of carbonyl (C=O) groups is 1. The molecule has 104 valence electrons. The third-order valence-corrected chi connectivity index (χ3v) is 3.59. The molecule has 0 aliphatic heterocycles. The summed E-state index contributed by atoms with van der Waals surface area (Å²) in [4.78, 5) is 12.1. The molecule has 1 amide bonds. The lowest BCUT2D eigenvalue weighted by Crippen LogP contribution is -2.15. The Kier molecular flexibility index (Phi) is 4.30. The lowest BCUT2D eigenvalue weighted by atomic mass is 10.1. The second kappa shape index (κ2) is 5.81. The summed E-state index contributed by atoms with van der Waals surface area (Å²) in [6.07, 6.45) is 0. The highest BCUT2D eigenvalue weighted by molar-refractivity contribution is 9.10. The van der Waals surface area contributed by atoms with Gasteiger partial charge in [0, 0.05) is 15.2 Å². The molecule has 20 heavy (non-hydrogen) atoms. The van der Waals surface area contributed by atoms with Crippen molar-refractivity contribution in [2.24, 2.45) is 0 Å². The van der Waals surface area contributed by atoms with Crippen LogP contribution in [-0.4, -0.2) is 5.91 Å². The van der Waals surface area contributed by atoms with Gasteiger partial charge in [0.05, 0.1) is 11.3 Å². The number of nitrogens with two attached hydrogens (primary N) is 1. The summed E-state index contributed by atoms with van der Waals surface area (Å²) in [5.41, 5.74) is 6.70. The Hall–Kier alpha value is -1.59. The molecule has 3 nitrogen and oxygen atoms in total. The zero-order valence-electron chi connectivity index (χ0n) is 10.5. The van der Waals surface area contributed by atoms with Crippen LogP contribution in [0.2, 0.25) is 5.02 Å². The highest BCUT2D eigenvalue weighted by atomic mass is 79.9. The molecule has 0 spiro atoms. The fourth-order valence-electron chi connectivity index (χ4n) is 1.74. The molecule has 0 fully saturated rings. The number of hydrogen-bond donors (Lipinski definition) is 2. The Labute approximate surface area is 129 Å². The third-order valence-electron chi connectivity index (χ3n) is 2.70. The topological polar surface area (TPSA) is 55.1 Å². The van der Waals surface area contributed by atoms with Crippen LogP contribution in [0.25, 0.3) is 0 Å². The average molecular weight is 358 g/mol. The van der Waals surface area contributed by atoms with Crippen LogP contribution in [0.1, 0.15) is 15.9 Å². The van der Waals surface area contributed by atoms with Crippen molar-refractivity contribution in [3.63, 3.8) is 0 Å². The predicted molar refractivity (Wildman–Crippen MR) is 82.7 cm³/mol. The van der Waals surface area contributed by atoms with Crippen molar-refractivity contribution >= 4 is 44.8 Å². The molecule has 0 saturated heterocycles. The van der Waals surface area contributed by atoms with Gasteiger partial charge >= 0.3 is 0 Å². The van der Waals surface area contributed by atoms with Gasteiger partial charge in [0.1, 0.15) is 5.82 Å². The SMILES string of the molecule is Cc1cc(N)cc(C(=O)Nc2ccc(Cl)cc2Br)c1F. The maximum Gasteiger partial charge on any atom is 0.258 e. The zero-order valence-corrected chi connectivity index (χ0v) is 12.8. The van der Waals surface area contributed by atoms with Crippen LogP contribution in [-0.2, 0) is 0 Å². The van der Waals surface area contributed by atoms with E-state index < -0.39 is 11.7 Å². The van der Waals surface area contributed by atoms with E-state index in [0.29, 0.717) is 26.4 Å². The Morgan fingerprint density at radius 3 is 2.70 bits per heavy atom. The molecule has 0 aromatic heterocycles. The summed E-state index contributed by atoms with van der Waals surface area (Å²) < 4.78 is 14.6. The van der Waals surface area contributed by atoms with Crippen LogP contribution in [0.15, 0.2) is 34.8 Å². The smallest absolute Gasteiger partial charge is 0.258 e. The second-order valence-electron chi connectivity index (χ2n) is 4.28. The van der Waals surface area contributed by atoms with E-state index in [2.05, 4.69) is 21.2 Å². The minimum Gasteiger partial charge on any atom is -0.399 e. The van der Waals surface area contributed by atoms with Gasteiger partial charge in [-0.3, -0.25) is 4.79 Å². The average Bonchev–Trinajstić information content (AvgIpc) is 2.37. The van der Waals surface area contributed by atoms with Crippen molar-refractivity contribution in [3.8, 4) is 0 Å². The summed E-state index contributed by atoms with van der Waals surface area (Å²) >= 11 is 9.10. The second-order valence-corrected chi connectivity index (χ2v) is 5.57. The fourth-order valence-corrected chi connectivity index (χ4v) is 2.53. The highest BCUT2D eigenvalue weighted by Gasteiger charge is 2.15. The highest BCUT2D eigenvalue weighted by Crippen LogP contribution is 2.27. The first kappa shape index (κ1) is 14.8. The van der Waals surface area contributed by atoms with Crippen LogP contribution in [0.4, 0.5) is 15.8 Å². The molecular weight excluding hydrogens is 347 g/mol. The molecule has 0 atom stereocenters. The molecule has 0 saturated carbocycles. The van der Waals surface area contributed by atoms with Gasteiger partial charge in [-0.05, 0) is 58.7 Å². The molecule has 2 aromatic carbocycles. The zero-order chi connectivity index (χ0) is 14.9. The molecule has 3 N–H and O–H groups in total. The molecule has 2 aromatic rings. The maximum absolute atomic E-state index is 14.0. The van der Waals surface area contributed by atoms with Crippen molar-refractivity contribution in [2.45, 2.75) is 6.92 Å². The Balaban J connectivity index is 2.33. The van der Waals surface area contributed by atoms with E-state index in [1.165, 1.54) is 12.1 Å². The Morgan fingerprint density at radius 2 is 2.05 bits per heavy atom. The van der Waals surface area contributed by atoms with E-state index in [-0.39, 0.29) is 5.56 Å². The van der Waals surface area contributed by atoms with E-state index >= 15 is 0 Å². The Morgan fingerprint density at radius 1 is 1.35 bits per heavy atom. The molecule has 0 bridgehead atoms. The fraction of sp³-hybridized carbons (Fsp3) is 0.0714. The minimum atomic E-state index is -0.582. The number of halogens is 3. The molecule has 6 heteroatoms. The van der Waals surface area contributed by atoms with E-state index in [1.54, 1.807) is 25.1 Å². The van der Waals surface area contributed by atoms with Crippen molar-refractivity contribution in [3.05, 3.63) is 56.8 Å². The van der Waals surface area contributed by atoms with Gasteiger partial charge in [0.15, 0.2) is 0 Å². The quantitative estimate of drug-likeness (QED) is 0.783. The molecular formula is C14H11BrClFN2O. The number of carbonyl (C=O) groups excluding carboxylic acids is 1. The van der Waals surface area contributed by atoms with Crippen LogP contribution < -0.4 is 11.1 Å². The van der Waals surface area contributed by atoms with Crippen LogP contribution >= 0.6 is 27.5 Å². The first-order valence-corrected chi connectivity index (χ1v) is 6.87. The molecule has 0 heterocycles. The predicted octanol–water partition coefficient (Wildman–Crippen LogP) is 4.38. The van der Waals surface area contributed by atoms with Gasteiger partial charge in [0.2, 0.25) is 0 Å². The van der Waals surface area contributed by atoms with Crippen LogP contribution in [0.5, 0.6) is 0 Å². The monoisotopic (exact) mass is 356 g/mol. The molecule has 0 radical (unpaired) electrons. The lowest BCUT2D eigenvalue weighted by molar-refractivity contribution is 0.102. The number of nitrogens with one attached hydrogen (secondary N) is 1. The van der Waals surface area contributed by atoms with Gasteiger partial charge in [-0.1, -0.05) is 11.6 Å². The largest absolute Gasteiger partial charge is 0.399 e. The number of benzene rings is 2. The van der Waals surface area contributed by atoms with Gasteiger partial charge in [0.25, 0.3) is 5.91 Å². The van der Waals surface area contributed by atoms with Crippen molar-refractivity contribution in [1.29, 1.82) is 0 Å². The number of amides is 1. The first-order chi connectivity index (χ1) is 9.38. The normalized spacial score (nSPS) is 10.4. The van der Waals surface area contributed by atoms with Gasteiger partial charge in [-0.25, -0.2) is 4.39 Å². The standard InChI is InChI=1S/C14H11BrClFN2O/c1-7-4-9(18)6-10(13(7)17)14(20)19-12-3-2-8(16)5-11(12)15/h2-6H,18H2,1H3,(H,19,20). The van der Waals surface area contributed by atoms with Crippen LogP contribution in [0.3, 0.4) is 0 Å². The van der Waals surface area contributed by atoms with Gasteiger partial charge in [-0.15, -0.1) is 0 Å². The summed E-state index contributed by atoms with van der Waals surface area (Å²) in [5, 5.41) is 3.14. The first-order valence-electron chi connectivity index (χ1n) is 5.70. The number of hydrogen-bond acceptors (Lipinski definition) is 2. The Bertz CT molecular complexity index is 691. The number of anilines is 2. The lowest BCUT2D eigenvalue weighted by Gasteiger charge is -2.10. The summed E-state index contributed by atoms with van der Waals surface area (Å²) in [5.74, 6) is -1.15. The van der Waals surface area contributed by atoms with Gasteiger partial charge in [-0.2, -0.15) is 0 Å². The number of nitrogen functional groups attached to an aromatic ring is 1. The number of rotatable bonds is 2. The van der Waals surface area contributed by atoms with Crippen molar-refractivity contribution in [2.75, 3.05) is 11.1 Å². The van der Waals surface area contributed by atoms with Crippen LogP contribution in [0, 0.1) is 12.7 Å². The van der Waals surface area contributed by atoms with Gasteiger partial charge < -0.3 is 11.1 Å². The van der Waals surface area contributed by atoms with E-state index in [4.69, 9.17) is 17.3 Å². The number of aryl methyl sites for hydroxylation is 1. The van der Waals surface area contributed by atoms with E-state index in [0.717, 1.165) is 0 Å². The van der Waals surface area contributed by atoms with E-state index in [9.17, 15) is 9.18 Å². The minimum absolute atomic E-state index is 0.0932. The molecule has 2 rings (SSSR count).